The van der Waals surface area contributed by atoms with Crippen molar-refractivity contribution in [1.82, 2.24) is 9.80 Å². The van der Waals surface area contributed by atoms with Crippen LogP contribution in [0.1, 0.15) is 6.42 Å². The van der Waals surface area contributed by atoms with Crippen molar-refractivity contribution < 1.29 is 9.53 Å². The molecule has 2 N–H and O–H groups in total. The van der Waals surface area contributed by atoms with E-state index < -0.39 is 0 Å². The summed E-state index contributed by atoms with van der Waals surface area (Å²) in [6, 6.07) is 0. The normalized spacial score (nSPS) is 29.2. The number of ether oxygens (including phenoxy) is 1. The van der Waals surface area contributed by atoms with Crippen LogP contribution in [0.25, 0.3) is 0 Å². The third-order valence-electron chi connectivity index (χ3n) is 3.37. The van der Waals surface area contributed by atoms with Gasteiger partial charge in [-0.05, 0) is 6.42 Å². The molecule has 0 aliphatic carbocycles. The molecule has 1 atom stereocenters. The third kappa shape index (κ3) is 1.52. The molecular formula is C11H15N3O2. The quantitative estimate of drug-likeness (QED) is 0.655. The molecule has 3 rings (SSSR count). The van der Waals surface area contributed by atoms with Crippen LogP contribution >= 0.6 is 0 Å². The van der Waals surface area contributed by atoms with Gasteiger partial charge in [0.25, 0.3) is 0 Å². The van der Waals surface area contributed by atoms with Crippen molar-refractivity contribution in [2.24, 2.45) is 5.73 Å². The maximum atomic E-state index is 11.1. The average Bonchev–Trinajstić information content (AvgIpc) is 2.71. The first kappa shape index (κ1) is 9.86. The van der Waals surface area contributed by atoms with E-state index in [1.54, 1.807) is 0 Å². The van der Waals surface area contributed by atoms with Crippen molar-refractivity contribution in [3.8, 4) is 0 Å². The highest BCUT2D eigenvalue weighted by molar-refractivity contribution is 5.92. The lowest BCUT2D eigenvalue weighted by Crippen LogP contribution is -2.48. The predicted molar refractivity (Wildman–Crippen MR) is 58.0 cm³/mol. The molecule has 86 valence electrons. The van der Waals surface area contributed by atoms with E-state index in [4.69, 9.17) is 10.5 Å². The molecule has 3 heterocycles. The lowest BCUT2D eigenvalue weighted by atomic mass is 10.1. The highest BCUT2D eigenvalue weighted by Crippen LogP contribution is 2.27. The van der Waals surface area contributed by atoms with Gasteiger partial charge in [-0.3, -0.25) is 9.69 Å². The van der Waals surface area contributed by atoms with E-state index >= 15 is 0 Å². The number of fused-ring (bicyclic) bond motifs is 2. The number of nitrogens with zero attached hydrogens (tertiary/aromatic N) is 2. The summed E-state index contributed by atoms with van der Waals surface area (Å²) in [5.74, 6) is -0.329. The number of amides is 1. The summed E-state index contributed by atoms with van der Waals surface area (Å²) in [5, 5.41) is 0. The second-order valence-electron chi connectivity index (χ2n) is 4.37. The second-order valence-corrected chi connectivity index (χ2v) is 4.37. The Morgan fingerprint density at radius 3 is 3.25 bits per heavy atom. The molecular weight excluding hydrogens is 206 g/mol. The van der Waals surface area contributed by atoms with Gasteiger partial charge < -0.3 is 15.4 Å². The zero-order valence-electron chi connectivity index (χ0n) is 9.06. The van der Waals surface area contributed by atoms with E-state index in [9.17, 15) is 4.79 Å². The summed E-state index contributed by atoms with van der Waals surface area (Å²) in [4.78, 5) is 15.5. The highest BCUT2D eigenvalue weighted by atomic mass is 16.5. The Morgan fingerprint density at radius 2 is 2.44 bits per heavy atom. The van der Waals surface area contributed by atoms with Gasteiger partial charge in [0.05, 0.1) is 13.2 Å². The monoisotopic (exact) mass is 221 g/mol. The predicted octanol–water partition coefficient (Wildman–Crippen LogP) is -0.383. The van der Waals surface area contributed by atoms with Crippen LogP contribution in [0.5, 0.6) is 0 Å². The summed E-state index contributed by atoms with van der Waals surface area (Å²) in [7, 11) is 0. The van der Waals surface area contributed by atoms with Crippen molar-refractivity contribution in [1.29, 1.82) is 0 Å². The topological polar surface area (TPSA) is 58.8 Å². The molecule has 5 nitrogen and oxygen atoms in total. The molecule has 3 aliphatic heterocycles. The van der Waals surface area contributed by atoms with Crippen LogP contribution in [0.2, 0.25) is 0 Å². The molecule has 0 saturated carbocycles. The van der Waals surface area contributed by atoms with Gasteiger partial charge in [0.2, 0.25) is 5.91 Å². The molecule has 5 heteroatoms. The number of primary amides is 1. The van der Waals surface area contributed by atoms with E-state index in [1.165, 1.54) is 5.70 Å². The minimum atomic E-state index is -0.329. The fourth-order valence-electron chi connectivity index (χ4n) is 2.44. The molecule has 2 fully saturated rings. The molecule has 3 aliphatic rings. The maximum Gasteiger partial charge on any atom is 0.246 e. The minimum absolute atomic E-state index is 0.167. The first-order chi connectivity index (χ1) is 7.74. The lowest BCUT2D eigenvalue weighted by molar-refractivity contribution is -0.114. The van der Waals surface area contributed by atoms with E-state index in [0.717, 1.165) is 26.2 Å². The zero-order valence-corrected chi connectivity index (χ0v) is 9.06. The summed E-state index contributed by atoms with van der Waals surface area (Å²) in [5.41, 5.74) is 7.22. The number of piperazine rings is 1. The number of nitrogens with two attached hydrogens (primary N) is 1. The van der Waals surface area contributed by atoms with Gasteiger partial charge >= 0.3 is 0 Å². The fourth-order valence-corrected chi connectivity index (χ4v) is 2.44. The minimum Gasteiger partial charge on any atom is -0.366 e. The van der Waals surface area contributed by atoms with Crippen LogP contribution in [0.3, 0.4) is 0 Å². The Labute approximate surface area is 94.1 Å². The van der Waals surface area contributed by atoms with Gasteiger partial charge in [-0.1, -0.05) is 6.08 Å². The zero-order chi connectivity index (χ0) is 11.1. The molecule has 2 saturated heterocycles. The Balaban J connectivity index is 1.81. The number of carbonyl (C=O) groups excluding carboxylic acids is 1. The van der Waals surface area contributed by atoms with Crippen LogP contribution in [0.15, 0.2) is 23.5 Å². The van der Waals surface area contributed by atoms with Gasteiger partial charge in [-0.2, -0.15) is 0 Å². The number of allylic oxidation sites excluding steroid dienone is 1. The van der Waals surface area contributed by atoms with Crippen molar-refractivity contribution in [3.05, 3.63) is 23.5 Å². The van der Waals surface area contributed by atoms with Gasteiger partial charge in [-0.25, -0.2) is 0 Å². The van der Waals surface area contributed by atoms with E-state index in [2.05, 4.69) is 15.9 Å². The SMILES string of the molecule is NC(=O)C1=CN2CC3OCCN3CC2=CC1. The smallest absolute Gasteiger partial charge is 0.246 e. The largest absolute Gasteiger partial charge is 0.366 e. The number of carbonyl (C=O) groups is 1. The summed E-state index contributed by atoms with van der Waals surface area (Å²) < 4.78 is 5.61. The summed E-state index contributed by atoms with van der Waals surface area (Å²) in [6.45, 7) is 3.51. The first-order valence-corrected chi connectivity index (χ1v) is 5.56. The molecule has 0 spiro atoms. The van der Waals surface area contributed by atoms with Gasteiger partial charge in [0.15, 0.2) is 0 Å². The molecule has 1 amide bonds. The van der Waals surface area contributed by atoms with Crippen LogP contribution in [-0.4, -0.2) is 48.2 Å². The van der Waals surface area contributed by atoms with Crippen molar-refractivity contribution in [2.75, 3.05) is 26.2 Å². The second kappa shape index (κ2) is 3.61. The Hall–Kier alpha value is -1.33. The average molecular weight is 221 g/mol. The molecule has 1 unspecified atom stereocenters. The number of hydrogen-bond donors (Lipinski definition) is 1. The Morgan fingerprint density at radius 1 is 1.56 bits per heavy atom. The molecule has 0 radical (unpaired) electrons. The number of hydrogen-bond acceptors (Lipinski definition) is 4. The van der Waals surface area contributed by atoms with Crippen molar-refractivity contribution in [3.63, 3.8) is 0 Å². The maximum absolute atomic E-state index is 11.1. The van der Waals surface area contributed by atoms with Crippen LogP contribution in [-0.2, 0) is 9.53 Å². The molecule has 0 bridgehead atoms. The Bertz CT molecular complexity index is 389. The van der Waals surface area contributed by atoms with Crippen LogP contribution in [0.4, 0.5) is 0 Å². The van der Waals surface area contributed by atoms with Crippen LogP contribution in [0, 0.1) is 0 Å². The standard InChI is InChI=1S/C11H15N3O2/c12-11(15)8-1-2-9-6-13-3-4-16-10(13)7-14(9)5-8/h2,5,10H,1,3-4,6-7H2,(H2,12,15). The van der Waals surface area contributed by atoms with E-state index in [0.29, 0.717) is 12.0 Å². The lowest BCUT2D eigenvalue weighted by Gasteiger charge is -2.39. The van der Waals surface area contributed by atoms with Gasteiger partial charge in [-0.15, -0.1) is 0 Å². The van der Waals surface area contributed by atoms with Crippen molar-refractivity contribution in [2.45, 2.75) is 12.6 Å². The summed E-state index contributed by atoms with van der Waals surface area (Å²) >= 11 is 0. The fraction of sp³-hybridized carbons (Fsp3) is 0.545. The van der Waals surface area contributed by atoms with Crippen molar-refractivity contribution >= 4 is 5.91 Å². The molecule has 0 aromatic heterocycles. The highest BCUT2D eigenvalue weighted by Gasteiger charge is 2.34. The first-order valence-electron chi connectivity index (χ1n) is 5.56. The van der Waals surface area contributed by atoms with E-state index in [-0.39, 0.29) is 12.1 Å². The molecule has 0 aromatic rings. The van der Waals surface area contributed by atoms with Gasteiger partial charge in [0, 0.05) is 30.6 Å². The van der Waals surface area contributed by atoms with Gasteiger partial charge in [0.1, 0.15) is 6.23 Å². The molecule has 0 aromatic carbocycles. The Kier molecular flexibility index (Phi) is 2.22. The third-order valence-corrected chi connectivity index (χ3v) is 3.37. The summed E-state index contributed by atoms with van der Waals surface area (Å²) in [6.07, 6.45) is 4.78. The van der Waals surface area contributed by atoms with E-state index in [1.807, 2.05) is 6.20 Å². The number of rotatable bonds is 1. The van der Waals surface area contributed by atoms with Crippen LogP contribution < -0.4 is 5.73 Å². The molecule has 16 heavy (non-hydrogen) atoms.